The number of hydrazone groups is 1. The second-order valence-corrected chi connectivity index (χ2v) is 5.57. The Bertz CT molecular complexity index is 1100. The van der Waals surface area contributed by atoms with Crippen LogP contribution in [0.25, 0.3) is 21.9 Å². The van der Waals surface area contributed by atoms with E-state index in [4.69, 9.17) is 9.47 Å². The summed E-state index contributed by atoms with van der Waals surface area (Å²) in [6.07, 6.45) is 3.19. The standard InChI is InChI=1S/C19H17N5O2/c1-25-14-8-4-3-6-12(14)10-22-24-19-18-17(20-11-21-19)16-13(23-18)7-5-9-15(16)26-2/h3-11,23H,1-2H3,(H,20,21,24). The van der Waals surface area contributed by atoms with E-state index in [-0.39, 0.29) is 0 Å². The summed E-state index contributed by atoms with van der Waals surface area (Å²) in [7, 11) is 3.28. The van der Waals surface area contributed by atoms with Crippen molar-refractivity contribution in [3.05, 3.63) is 54.4 Å². The van der Waals surface area contributed by atoms with Crippen LogP contribution in [0, 0.1) is 0 Å². The van der Waals surface area contributed by atoms with E-state index >= 15 is 0 Å². The number of H-pyrrole nitrogens is 1. The maximum Gasteiger partial charge on any atom is 0.174 e. The van der Waals surface area contributed by atoms with Gasteiger partial charge in [-0.05, 0) is 24.3 Å². The summed E-state index contributed by atoms with van der Waals surface area (Å²) >= 11 is 0. The molecule has 26 heavy (non-hydrogen) atoms. The van der Waals surface area contributed by atoms with Crippen LogP contribution in [0.4, 0.5) is 5.82 Å². The molecule has 2 heterocycles. The monoisotopic (exact) mass is 347 g/mol. The molecular formula is C19H17N5O2. The molecule has 2 aromatic carbocycles. The third-order valence-electron chi connectivity index (χ3n) is 4.10. The molecule has 0 aliphatic rings. The predicted octanol–water partition coefficient (Wildman–Crippen LogP) is 3.57. The van der Waals surface area contributed by atoms with Gasteiger partial charge in [0, 0.05) is 5.56 Å². The lowest BCUT2D eigenvalue weighted by atomic mass is 10.2. The summed E-state index contributed by atoms with van der Waals surface area (Å²) in [6.45, 7) is 0. The molecule has 0 spiro atoms. The first-order valence-corrected chi connectivity index (χ1v) is 8.03. The molecule has 2 N–H and O–H groups in total. The van der Waals surface area contributed by atoms with E-state index < -0.39 is 0 Å². The second-order valence-electron chi connectivity index (χ2n) is 5.57. The normalized spacial score (nSPS) is 11.3. The molecular weight excluding hydrogens is 330 g/mol. The van der Waals surface area contributed by atoms with E-state index in [9.17, 15) is 0 Å². The summed E-state index contributed by atoms with van der Waals surface area (Å²) in [5.41, 5.74) is 6.32. The van der Waals surface area contributed by atoms with Crippen molar-refractivity contribution in [2.75, 3.05) is 19.6 Å². The third kappa shape index (κ3) is 2.69. The van der Waals surface area contributed by atoms with E-state index in [1.54, 1.807) is 20.4 Å². The van der Waals surface area contributed by atoms with Crippen LogP contribution < -0.4 is 14.9 Å². The Labute approximate surface area is 149 Å². The Morgan fingerprint density at radius 3 is 2.65 bits per heavy atom. The fourth-order valence-corrected chi connectivity index (χ4v) is 2.90. The first kappa shape index (κ1) is 15.9. The Morgan fingerprint density at radius 1 is 1.00 bits per heavy atom. The number of methoxy groups -OCH3 is 2. The number of para-hydroxylation sites is 1. The molecule has 4 aromatic rings. The molecule has 0 unspecified atom stereocenters. The number of aromatic nitrogens is 3. The molecule has 130 valence electrons. The topological polar surface area (TPSA) is 84.4 Å². The maximum absolute atomic E-state index is 5.45. The largest absolute Gasteiger partial charge is 0.496 e. The number of nitrogens with one attached hydrogen (secondary N) is 2. The van der Waals surface area contributed by atoms with Crippen LogP contribution in [0.2, 0.25) is 0 Å². The van der Waals surface area contributed by atoms with Gasteiger partial charge < -0.3 is 14.5 Å². The number of rotatable bonds is 5. The van der Waals surface area contributed by atoms with Gasteiger partial charge in [-0.2, -0.15) is 5.10 Å². The van der Waals surface area contributed by atoms with Crippen LogP contribution in [0.3, 0.4) is 0 Å². The minimum Gasteiger partial charge on any atom is -0.496 e. The number of nitrogens with zero attached hydrogens (tertiary/aromatic N) is 3. The van der Waals surface area contributed by atoms with Crippen LogP contribution in [0.1, 0.15) is 5.56 Å². The number of aromatic amines is 1. The van der Waals surface area contributed by atoms with Crippen molar-refractivity contribution in [3.63, 3.8) is 0 Å². The average Bonchev–Trinajstić information content (AvgIpc) is 3.08. The first-order chi connectivity index (χ1) is 12.8. The van der Waals surface area contributed by atoms with Crippen LogP contribution >= 0.6 is 0 Å². The first-order valence-electron chi connectivity index (χ1n) is 8.03. The Kier molecular flexibility index (Phi) is 4.10. The van der Waals surface area contributed by atoms with Crippen LogP contribution in [-0.2, 0) is 0 Å². The SMILES string of the molecule is COc1ccccc1C=NNc1ncnc2c1[nH]c1cccc(OC)c12. The molecule has 0 saturated carbocycles. The zero-order valence-electron chi connectivity index (χ0n) is 14.4. The van der Waals surface area contributed by atoms with Gasteiger partial charge in [0.05, 0.1) is 31.3 Å². The number of anilines is 1. The number of benzene rings is 2. The average molecular weight is 347 g/mol. The molecule has 0 fully saturated rings. The van der Waals surface area contributed by atoms with Crippen molar-refractivity contribution in [2.24, 2.45) is 5.10 Å². The van der Waals surface area contributed by atoms with Crippen LogP contribution in [-0.4, -0.2) is 35.4 Å². The zero-order valence-corrected chi connectivity index (χ0v) is 14.4. The highest BCUT2D eigenvalue weighted by atomic mass is 16.5. The molecule has 0 atom stereocenters. The lowest BCUT2D eigenvalue weighted by Crippen LogP contribution is -1.96. The molecule has 7 nitrogen and oxygen atoms in total. The molecule has 4 rings (SSSR count). The van der Waals surface area contributed by atoms with Crippen molar-refractivity contribution in [2.45, 2.75) is 0 Å². The summed E-state index contributed by atoms with van der Waals surface area (Å²) in [5.74, 6) is 2.09. The summed E-state index contributed by atoms with van der Waals surface area (Å²) in [5, 5.41) is 5.21. The lowest BCUT2D eigenvalue weighted by Gasteiger charge is -2.04. The predicted molar refractivity (Wildman–Crippen MR) is 102 cm³/mol. The highest BCUT2D eigenvalue weighted by Crippen LogP contribution is 2.33. The molecule has 2 aromatic heterocycles. The number of hydrogen-bond acceptors (Lipinski definition) is 6. The number of hydrogen-bond donors (Lipinski definition) is 2. The van der Waals surface area contributed by atoms with Crippen LogP contribution in [0.5, 0.6) is 11.5 Å². The van der Waals surface area contributed by atoms with E-state index in [0.29, 0.717) is 5.82 Å². The Morgan fingerprint density at radius 2 is 1.81 bits per heavy atom. The molecule has 0 aliphatic heterocycles. The van der Waals surface area contributed by atoms with Gasteiger partial charge in [0.25, 0.3) is 0 Å². The fraction of sp³-hybridized carbons (Fsp3) is 0.105. The minimum atomic E-state index is 0.583. The smallest absolute Gasteiger partial charge is 0.174 e. The van der Waals surface area contributed by atoms with Gasteiger partial charge in [-0.25, -0.2) is 9.97 Å². The van der Waals surface area contributed by atoms with Gasteiger partial charge >= 0.3 is 0 Å². The third-order valence-corrected chi connectivity index (χ3v) is 4.10. The van der Waals surface area contributed by atoms with Gasteiger partial charge in [0.1, 0.15) is 28.9 Å². The highest BCUT2D eigenvalue weighted by molar-refractivity contribution is 6.11. The summed E-state index contributed by atoms with van der Waals surface area (Å²) < 4.78 is 10.8. The van der Waals surface area contributed by atoms with Crippen molar-refractivity contribution < 1.29 is 9.47 Å². The molecule has 0 amide bonds. The van der Waals surface area contributed by atoms with E-state index in [0.717, 1.165) is 39.0 Å². The van der Waals surface area contributed by atoms with Crippen molar-refractivity contribution >= 4 is 34.0 Å². The zero-order chi connectivity index (χ0) is 17.9. The molecule has 0 saturated heterocycles. The quantitative estimate of drug-likeness (QED) is 0.426. The van der Waals surface area contributed by atoms with Crippen molar-refractivity contribution in [3.8, 4) is 11.5 Å². The van der Waals surface area contributed by atoms with Gasteiger partial charge in [0.2, 0.25) is 0 Å². The van der Waals surface area contributed by atoms with Gasteiger partial charge in [0.15, 0.2) is 5.82 Å². The molecule has 7 heteroatoms. The van der Waals surface area contributed by atoms with Gasteiger partial charge in [-0.3, -0.25) is 5.43 Å². The maximum atomic E-state index is 5.45. The highest BCUT2D eigenvalue weighted by Gasteiger charge is 2.13. The van der Waals surface area contributed by atoms with E-state index in [1.165, 1.54) is 6.33 Å². The number of fused-ring (bicyclic) bond motifs is 3. The van der Waals surface area contributed by atoms with E-state index in [2.05, 4.69) is 25.5 Å². The molecule has 0 bridgehead atoms. The second kappa shape index (κ2) is 6.72. The Balaban J connectivity index is 1.72. The minimum absolute atomic E-state index is 0.583. The lowest BCUT2D eigenvalue weighted by molar-refractivity contribution is 0.414. The molecule has 0 aliphatic carbocycles. The number of ether oxygens (including phenoxy) is 2. The van der Waals surface area contributed by atoms with E-state index in [1.807, 2.05) is 42.5 Å². The summed E-state index contributed by atoms with van der Waals surface area (Å²) in [4.78, 5) is 12.0. The van der Waals surface area contributed by atoms with Gasteiger partial charge in [-0.1, -0.05) is 18.2 Å². The fourth-order valence-electron chi connectivity index (χ4n) is 2.90. The van der Waals surface area contributed by atoms with Gasteiger partial charge in [-0.15, -0.1) is 0 Å². The van der Waals surface area contributed by atoms with Crippen molar-refractivity contribution in [1.82, 2.24) is 15.0 Å². The van der Waals surface area contributed by atoms with Crippen LogP contribution in [0.15, 0.2) is 53.9 Å². The Hall–Kier alpha value is -3.61. The summed E-state index contributed by atoms with van der Waals surface area (Å²) in [6, 6.07) is 13.5. The molecule has 0 radical (unpaired) electrons. The van der Waals surface area contributed by atoms with Crippen molar-refractivity contribution in [1.29, 1.82) is 0 Å².